The number of rotatable bonds is 6. The van der Waals surface area contributed by atoms with Crippen LogP contribution in [0.5, 0.6) is 5.75 Å². The summed E-state index contributed by atoms with van der Waals surface area (Å²) in [6.07, 6.45) is 13.8. The van der Waals surface area contributed by atoms with Gasteiger partial charge in [0.2, 0.25) is 5.52 Å². The number of thiazole rings is 1. The Hall–Kier alpha value is -2.76. The maximum Gasteiger partial charge on any atom is 0.262 e. The Kier molecular flexibility index (Phi) is 7.17. The molecule has 3 aromatic rings. The number of hydrogen-bond acceptors (Lipinski definition) is 4. The number of methoxy groups -OCH3 is 1. The lowest BCUT2D eigenvalue weighted by molar-refractivity contribution is -0.665. The minimum atomic E-state index is 0.639. The molecule has 180 valence electrons. The van der Waals surface area contributed by atoms with Crippen LogP contribution >= 0.6 is 23.1 Å². The van der Waals surface area contributed by atoms with E-state index >= 15 is 0 Å². The third kappa shape index (κ3) is 4.98. The van der Waals surface area contributed by atoms with Crippen molar-refractivity contribution in [1.29, 1.82) is 0 Å². The highest BCUT2D eigenvalue weighted by Gasteiger charge is 2.25. The Bertz CT molecular complexity index is 1360. The van der Waals surface area contributed by atoms with E-state index in [9.17, 15) is 0 Å². The van der Waals surface area contributed by atoms with Crippen LogP contribution in [0.3, 0.4) is 0 Å². The fourth-order valence-corrected chi connectivity index (χ4v) is 7.38. The van der Waals surface area contributed by atoms with E-state index in [1.54, 1.807) is 7.11 Å². The highest BCUT2D eigenvalue weighted by Crippen LogP contribution is 2.48. The third-order valence-corrected chi connectivity index (χ3v) is 8.83. The molecule has 2 aliphatic rings. The number of benzene rings is 2. The summed E-state index contributed by atoms with van der Waals surface area (Å²) in [6, 6.07) is 15.0. The van der Waals surface area contributed by atoms with Gasteiger partial charge in [0, 0.05) is 23.6 Å². The molecule has 1 atom stereocenters. The molecular weight excluding hydrogens is 468 g/mol. The minimum Gasteiger partial charge on any atom is -0.497 e. The van der Waals surface area contributed by atoms with E-state index in [-0.39, 0.29) is 0 Å². The molecule has 1 unspecified atom stereocenters. The first-order valence-corrected chi connectivity index (χ1v) is 14.1. The van der Waals surface area contributed by atoms with Crippen LogP contribution in [0.15, 0.2) is 87.8 Å². The van der Waals surface area contributed by atoms with Gasteiger partial charge in [-0.15, -0.1) is 0 Å². The van der Waals surface area contributed by atoms with Crippen molar-refractivity contribution in [2.45, 2.75) is 45.1 Å². The summed E-state index contributed by atoms with van der Waals surface area (Å²) < 4.78 is 9.18. The lowest BCUT2D eigenvalue weighted by Gasteiger charge is -2.22. The molecule has 35 heavy (non-hydrogen) atoms. The Balaban J connectivity index is 1.40. The summed E-state index contributed by atoms with van der Waals surface area (Å²) in [6.45, 7) is 8.74. The SMILES string of the molecule is CCN1C(=CC2=CC(=CC=Cc3sc4ccccc4[n+]3CC)CC(C)C2)Sc2cc(OC)ccc21. The number of thioether (sulfide) groups is 1. The monoisotopic (exact) mass is 501 g/mol. The molecule has 5 heteroatoms. The maximum atomic E-state index is 5.45. The Morgan fingerprint density at radius 2 is 2.00 bits per heavy atom. The summed E-state index contributed by atoms with van der Waals surface area (Å²) >= 11 is 3.71. The standard InChI is InChI=1S/C30H33N2OS2/c1-5-31-25-11-7-8-12-27(25)34-29(31)13-9-10-22-16-21(3)17-23(18-22)19-30-32(6-2)26-15-14-24(33-4)20-28(26)35-30/h7-15,18-21H,5-6,16-17H2,1-4H3/q+1. The molecule has 0 radical (unpaired) electrons. The fraction of sp³-hybridized carbons (Fsp3) is 0.300. The van der Waals surface area contributed by atoms with Gasteiger partial charge in [-0.1, -0.05) is 60.4 Å². The molecule has 0 amide bonds. The number of allylic oxidation sites excluding steroid dienone is 6. The topological polar surface area (TPSA) is 16.4 Å². The summed E-state index contributed by atoms with van der Waals surface area (Å²) in [7, 11) is 1.73. The van der Waals surface area contributed by atoms with Crippen LogP contribution in [0.25, 0.3) is 16.3 Å². The van der Waals surface area contributed by atoms with Gasteiger partial charge >= 0.3 is 0 Å². The number of aromatic nitrogens is 1. The van der Waals surface area contributed by atoms with Crippen LogP contribution in [-0.2, 0) is 6.54 Å². The van der Waals surface area contributed by atoms with Crippen molar-refractivity contribution >= 4 is 45.1 Å². The molecule has 2 heterocycles. The number of ether oxygens (including phenoxy) is 1. The summed E-state index contributed by atoms with van der Waals surface area (Å²) in [5.41, 5.74) is 5.41. The normalized spacial score (nSPS) is 20.3. The molecule has 1 aromatic heterocycles. The van der Waals surface area contributed by atoms with E-state index in [1.807, 2.05) is 23.1 Å². The molecule has 0 saturated heterocycles. The van der Waals surface area contributed by atoms with Crippen molar-refractivity contribution in [1.82, 2.24) is 0 Å². The second-order valence-corrected chi connectivity index (χ2v) is 11.3. The first kappa shape index (κ1) is 24.0. The average Bonchev–Trinajstić information content (AvgIpc) is 3.39. The largest absolute Gasteiger partial charge is 0.497 e. The van der Waals surface area contributed by atoms with E-state index in [2.05, 4.69) is 103 Å². The van der Waals surface area contributed by atoms with Gasteiger partial charge in [0.25, 0.3) is 5.01 Å². The second kappa shape index (κ2) is 10.5. The van der Waals surface area contributed by atoms with Gasteiger partial charge in [-0.3, -0.25) is 0 Å². The van der Waals surface area contributed by atoms with Gasteiger partial charge in [-0.25, -0.2) is 0 Å². The van der Waals surface area contributed by atoms with Crippen molar-refractivity contribution in [2.24, 2.45) is 5.92 Å². The lowest BCUT2D eigenvalue weighted by atomic mass is 9.87. The predicted octanol–water partition coefficient (Wildman–Crippen LogP) is 7.99. The minimum absolute atomic E-state index is 0.639. The number of aryl methyl sites for hydroxylation is 1. The second-order valence-electron chi connectivity index (χ2n) is 9.15. The van der Waals surface area contributed by atoms with Crippen LogP contribution in [0.1, 0.15) is 38.6 Å². The quantitative estimate of drug-likeness (QED) is 0.319. The fourth-order valence-electron chi connectivity index (χ4n) is 5.01. The molecule has 0 saturated carbocycles. The third-order valence-electron chi connectivity index (χ3n) is 6.60. The van der Waals surface area contributed by atoms with Crippen molar-refractivity contribution in [3.63, 3.8) is 0 Å². The molecule has 1 aliphatic carbocycles. The summed E-state index contributed by atoms with van der Waals surface area (Å²) in [5.74, 6) is 1.56. The molecule has 2 aromatic carbocycles. The zero-order valence-electron chi connectivity index (χ0n) is 21.0. The Morgan fingerprint density at radius 1 is 1.14 bits per heavy atom. The van der Waals surface area contributed by atoms with Crippen LogP contribution in [0, 0.1) is 5.92 Å². The summed E-state index contributed by atoms with van der Waals surface area (Å²) in [5, 5.41) is 2.61. The van der Waals surface area contributed by atoms with Crippen molar-refractivity contribution in [3.05, 3.63) is 88.0 Å². The highest BCUT2D eigenvalue weighted by molar-refractivity contribution is 8.03. The Labute approximate surface area is 217 Å². The van der Waals surface area contributed by atoms with E-state index in [4.69, 9.17) is 4.74 Å². The van der Waals surface area contributed by atoms with E-state index in [0.717, 1.165) is 31.7 Å². The lowest BCUT2D eigenvalue weighted by Crippen LogP contribution is -2.33. The van der Waals surface area contributed by atoms with Gasteiger partial charge in [-0.2, -0.15) is 4.57 Å². The van der Waals surface area contributed by atoms with Crippen LogP contribution in [0.4, 0.5) is 5.69 Å². The predicted molar refractivity (Wildman–Crippen MR) is 151 cm³/mol. The molecule has 0 bridgehead atoms. The van der Waals surface area contributed by atoms with Crippen LogP contribution in [-0.4, -0.2) is 13.7 Å². The van der Waals surface area contributed by atoms with E-state index in [0.29, 0.717) is 5.92 Å². The molecule has 0 N–H and O–H groups in total. The van der Waals surface area contributed by atoms with Crippen LogP contribution in [0.2, 0.25) is 0 Å². The smallest absolute Gasteiger partial charge is 0.262 e. The van der Waals surface area contributed by atoms with Crippen molar-refractivity contribution in [2.75, 3.05) is 18.6 Å². The van der Waals surface area contributed by atoms with Gasteiger partial charge in [0.05, 0.1) is 17.8 Å². The van der Waals surface area contributed by atoms with E-state index in [1.165, 1.54) is 42.0 Å². The molecule has 5 rings (SSSR count). The molecule has 0 fully saturated rings. The van der Waals surface area contributed by atoms with E-state index < -0.39 is 0 Å². The molecule has 0 spiro atoms. The van der Waals surface area contributed by atoms with Crippen molar-refractivity contribution < 1.29 is 9.30 Å². The number of anilines is 1. The van der Waals surface area contributed by atoms with Crippen LogP contribution < -0.4 is 14.2 Å². The zero-order chi connectivity index (χ0) is 24.4. The maximum absolute atomic E-state index is 5.45. The number of fused-ring (bicyclic) bond motifs is 2. The first-order chi connectivity index (χ1) is 17.1. The molecular formula is C30H33N2OS2+. The van der Waals surface area contributed by atoms with Gasteiger partial charge in [0.1, 0.15) is 17.0 Å². The number of para-hydroxylation sites is 1. The highest BCUT2D eigenvalue weighted by atomic mass is 32.2. The number of hydrogen-bond donors (Lipinski definition) is 0. The van der Waals surface area contributed by atoms with Gasteiger partial charge < -0.3 is 9.64 Å². The number of nitrogens with zero attached hydrogens (tertiary/aromatic N) is 2. The van der Waals surface area contributed by atoms with Gasteiger partial charge in [-0.05, 0) is 74.1 Å². The molecule has 3 nitrogen and oxygen atoms in total. The summed E-state index contributed by atoms with van der Waals surface area (Å²) in [4.78, 5) is 3.68. The van der Waals surface area contributed by atoms with Gasteiger partial charge in [0.15, 0.2) is 0 Å². The Morgan fingerprint density at radius 3 is 2.80 bits per heavy atom. The zero-order valence-corrected chi connectivity index (χ0v) is 22.6. The first-order valence-electron chi connectivity index (χ1n) is 12.4. The average molecular weight is 502 g/mol. The molecule has 1 aliphatic heterocycles. The van der Waals surface area contributed by atoms with Crippen molar-refractivity contribution in [3.8, 4) is 5.75 Å².